The van der Waals surface area contributed by atoms with Crippen LogP contribution in [0.15, 0.2) is 241 Å². The summed E-state index contributed by atoms with van der Waals surface area (Å²) in [6, 6.07) is 83.6. The van der Waals surface area contributed by atoms with Gasteiger partial charge < -0.3 is 8.98 Å². The molecule has 69 heavy (non-hydrogen) atoms. The third kappa shape index (κ3) is 6.45. The number of fused-ring (bicyclic) bond motifs is 9. The van der Waals surface area contributed by atoms with E-state index >= 15 is 0 Å². The van der Waals surface area contributed by atoms with Gasteiger partial charge in [-0.1, -0.05) is 170 Å². The maximum Gasteiger partial charge on any atom is 0.238 e. The number of aromatic nitrogens is 5. The first-order chi connectivity index (χ1) is 34.2. The van der Waals surface area contributed by atoms with Crippen molar-refractivity contribution in [3.8, 4) is 67.8 Å². The summed E-state index contributed by atoms with van der Waals surface area (Å²) in [6.07, 6.45) is 0. The van der Waals surface area contributed by atoms with Crippen molar-refractivity contribution in [1.29, 1.82) is 0 Å². The number of furan rings is 1. The standard InChI is InChI=1S/C63H39N5O/c1-3-16-40(17-4-1)42-20-13-21-43(34-42)44-22-14-23-45(35-44)46-24-15-25-48(36-46)67-55-29-10-7-26-49(55)53-39-58-54(38-57(53)67)50-27-8-11-30-56(50)68(58)63-65-61(41-18-5-2-6-19-41)64-62(66-63)47-32-33-52-51-28-9-12-31-59(51)69-60(52)37-47/h1-39H. The minimum atomic E-state index is 0.541. The Hall–Kier alpha value is -9.39. The van der Waals surface area contributed by atoms with Gasteiger partial charge in [-0.25, -0.2) is 4.98 Å². The normalized spacial score (nSPS) is 11.8. The molecule has 0 N–H and O–H groups in total. The van der Waals surface area contributed by atoms with E-state index < -0.39 is 0 Å². The maximum absolute atomic E-state index is 6.35. The van der Waals surface area contributed by atoms with Crippen LogP contribution in [0.3, 0.4) is 0 Å². The van der Waals surface area contributed by atoms with E-state index in [0.29, 0.717) is 17.6 Å². The van der Waals surface area contributed by atoms with Crippen LogP contribution in [0.25, 0.3) is 133 Å². The van der Waals surface area contributed by atoms with Gasteiger partial charge in [0.1, 0.15) is 11.2 Å². The van der Waals surface area contributed by atoms with Gasteiger partial charge in [-0.2, -0.15) is 9.97 Å². The van der Waals surface area contributed by atoms with E-state index in [1.165, 1.54) is 22.3 Å². The fraction of sp³-hybridized carbons (Fsp3) is 0. The molecule has 14 rings (SSSR count). The van der Waals surface area contributed by atoms with Crippen LogP contribution in [0.5, 0.6) is 0 Å². The summed E-state index contributed by atoms with van der Waals surface area (Å²) in [6.45, 7) is 0. The summed E-state index contributed by atoms with van der Waals surface area (Å²) in [4.78, 5) is 15.7. The number of rotatable bonds is 7. The van der Waals surface area contributed by atoms with E-state index in [1.807, 2.05) is 54.6 Å². The van der Waals surface area contributed by atoms with E-state index in [2.05, 4.69) is 191 Å². The Labute approximate surface area is 396 Å². The van der Waals surface area contributed by atoms with Crippen LogP contribution in [0.4, 0.5) is 0 Å². The van der Waals surface area contributed by atoms with E-state index in [0.717, 1.165) is 93.5 Å². The first-order valence-corrected chi connectivity index (χ1v) is 23.3. The number of benzene rings is 10. The zero-order chi connectivity index (χ0) is 45.4. The molecule has 10 aromatic carbocycles. The average Bonchev–Trinajstić information content (AvgIpc) is 4.07. The van der Waals surface area contributed by atoms with Gasteiger partial charge in [-0.15, -0.1) is 0 Å². The zero-order valence-electron chi connectivity index (χ0n) is 37.2. The molecule has 0 aliphatic carbocycles. The molecule has 0 radical (unpaired) electrons. The highest BCUT2D eigenvalue weighted by Crippen LogP contribution is 2.41. The summed E-state index contributed by atoms with van der Waals surface area (Å²) in [7, 11) is 0. The molecule has 6 nitrogen and oxygen atoms in total. The molecule has 4 heterocycles. The van der Waals surface area contributed by atoms with Gasteiger partial charge in [0.2, 0.25) is 5.95 Å². The fourth-order valence-electron chi connectivity index (χ4n) is 10.3. The predicted octanol–water partition coefficient (Wildman–Crippen LogP) is 16.3. The second kappa shape index (κ2) is 15.6. The average molecular weight is 882 g/mol. The van der Waals surface area contributed by atoms with Crippen LogP contribution in [-0.4, -0.2) is 24.1 Å². The Morgan fingerprint density at radius 2 is 0.739 bits per heavy atom. The van der Waals surface area contributed by atoms with Crippen molar-refractivity contribution >= 4 is 65.6 Å². The molecular formula is C63H39N5O. The number of nitrogens with zero attached hydrogens (tertiary/aromatic N) is 5. The Morgan fingerprint density at radius 3 is 1.41 bits per heavy atom. The Kier molecular flexibility index (Phi) is 8.79. The lowest BCUT2D eigenvalue weighted by Gasteiger charge is -2.12. The van der Waals surface area contributed by atoms with Crippen LogP contribution in [0, 0.1) is 0 Å². The summed E-state index contributed by atoms with van der Waals surface area (Å²) in [5.74, 6) is 1.70. The monoisotopic (exact) mass is 881 g/mol. The second-order valence-electron chi connectivity index (χ2n) is 17.6. The first kappa shape index (κ1) is 38.8. The highest BCUT2D eigenvalue weighted by Gasteiger charge is 2.22. The van der Waals surface area contributed by atoms with Crippen molar-refractivity contribution < 1.29 is 4.42 Å². The van der Waals surface area contributed by atoms with Crippen LogP contribution in [0.2, 0.25) is 0 Å². The van der Waals surface area contributed by atoms with Gasteiger partial charge in [0.05, 0.1) is 22.1 Å². The Balaban J connectivity index is 0.935. The molecule has 4 aromatic heterocycles. The Bertz CT molecular complexity index is 4320. The summed E-state index contributed by atoms with van der Waals surface area (Å²) in [5.41, 5.74) is 15.9. The van der Waals surface area contributed by atoms with Crippen LogP contribution >= 0.6 is 0 Å². The lowest BCUT2D eigenvalue weighted by Crippen LogP contribution is -2.06. The van der Waals surface area contributed by atoms with Crippen molar-refractivity contribution in [3.05, 3.63) is 237 Å². The van der Waals surface area contributed by atoms with Gasteiger partial charge in [-0.05, 0) is 100 Å². The van der Waals surface area contributed by atoms with Crippen molar-refractivity contribution in [3.63, 3.8) is 0 Å². The van der Waals surface area contributed by atoms with Gasteiger partial charge >= 0.3 is 0 Å². The first-order valence-electron chi connectivity index (χ1n) is 23.3. The molecular weight excluding hydrogens is 843 g/mol. The zero-order valence-corrected chi connectivity index (χ0v) is 37.2. The minimum absolute atomic E-state index is 0.541. The SMILES string of the molecule is c1ccc(-c2cccc(-c3cccc(-c4cccc(-n5c6ccccc6c6cc7c(cc65)c5ccccc5n7-c5nc(-c6ccccc6)nc(-c6ccc7c(c6)oc6ccccc67)n5)c4)c3)c2)cc1. The number of hydrogen-bond donors (Lipinski definition) is 0. The fourth-order valence-corrected chi connectivity index (χ4v) is 10.3. The second-order valence-corrected chi connectivity index (χ2v) is 17.6. The molecule has 0 saturated carbocycles. The van der Waals surface area contributed by atoms with Crippen LogP contribution in [0.1, 0.15) is 0 Å². The molecule has 0 aliphatic heterocycles. The van der Waals surface area contributed by atoms with Crippen molar-refractivity contribution in [2.75, 3.05) is 0 Å². The largest absolute Gasteiger partial charge is 0.456 e. The van der Waals surface area contributed by atoms with Crippen molar-refractivity contribution in [1.82, 2.24) is 24.1 Å². The van der Waals surface area contributed by atoms with E-state index in [4.69, 9.17) is 19.4 Å². The number of hydrogen-bond acceptors (Lipinski definition) is 4. The molecule has 0 amide bonds. The molecule has 0 spiro atoms. The smallest absolute Gasteiger partial charge is 0.238 e. The molecule has 6 heteroatoms. The molecule has 0 bridgehead atoms. The third-order valence-electron chi connectivity index (χ3n) is 13.6. The summed E-state index contributed by atoms with van der Waals surface area (Å²) in [5, 5.41) is 6.66. The number of para-hydroxylation sites is 3. The van der Waals surface area contributed by atoms with Gasteiger partial charge in [0, 0.05) is 49.1 Å². The highest BCUT2D eigenvalue weighted by atomic mass is 16.3. The highest BCUT2D eigenvalue weighted by molar-refractivity contribution is 6.19. The quantitative estimate of drug-likeness (QED) is 0.160. The minimum Gasteiger partial charge on any atom is -0.456 e. The van der Waals surface area contributed by atoms with Gasteiger partial charge in [-0.3, -0.25) is 4.57 Å². The van der Waals surface area contributed by atoms with E-state index in [9.17, 15) is 0 Å². The van der Waals surface area contributed by atoms with Crippen LogP contribution < -0.4 is 0 Å². The summed E-state index contributed by atoms with van der Waals surface area (Å²) < 4.78 is 11.0. The maximum atomic E-state index is 6.35. The molecule has 14 aromatic rings. The van der Waals surface area contributed by atoms with Crippen molar-refractivity contribution in [2.24, 2.45) is 0 Å². The van der Waals surface area contributed by atoms with E-state index in [1.54, 1.807) is 0 Å². The third-order valence-corrected chi connectivity index (χ3v) is 13.6. The predicted molar refractivity (Wildman–Crippen MR) is 283 cm³/mol. The molecule has 0 saturated heterocycles. The van der Waals surface area contributed by atoms with Crippen molar-refractivity contribution in [2.45, 2.75) is 0 Å². The molecule has 322 valence electrons. The molecule has 0 fully saturated rings. The molecule has 0 atom stereocenters. The topological polar surface area (TPSA) is 61.7 Å². The Morgan fingerprint density at radius 1 is 0.261 bits per heavy atom. The van der Waals surface area contributed by atoms with Crippen LogP contribution in [-0.2, 0) is 0 Å². The molecule has 0 unspecified atom stereocenters. The lowest BCUT2D eigenvalue weighted by molar-refractivity contribution is 0.669. The van der Waals surface area contributed by atoms with E-state index in [-0.39, 0.29) is 0 Å². The van der Waals surface area contributed by atoms with Gasteiger partial charge in [0.15, 0.2) is 11.6 Å². The molecule has 0 aliphatic rings. The summed E-state index contributed by atoms with van der Waals surface area (Å²) >= 11 is 0. The lowest BCUT2D eigenvalue weighted by atomic mass is 9.96. The van der Waals surface area contributed by atoms with Gasteiger partial charge in [0.25, 0.3) is 0 Å².